The fourth-order valence-corrected chi connectivity index (χ4v) is 7.31. The highest BCUT2D eigenvalue weighted by atomic mass is 16.2. The summed E-state index contributed by atoms with van der Waals surface area (Å²) in [6.07, 6.45) is 2.58. The van der Waals surface area contributed by atoms with Crippen molar-refractivity contribution in [3.8, 4) is 0 Å². The average molecular weight is 416 g/mol. The number of benzene rings is 2. The summed E-state index contributed by atoms with van der Waals surface area (Å²) in [7, 11) is 2.09. The van der Waals surface area contributed by atoms with Crippen molar-refractivity contribution in [1.82, 2.24) is 9.80 Å². The molecule has 4 heterocycles. The molecule has 5 heteroatoms. The van der Waals surface area contributed by atoms with Gasteiger partial charge in [-0.25, -0.2) is 0 Å². The smallest absolute Gasteiger partial charge is 0.250 e. The average Bonchev–Trinajstić information content (AvgIpc) is 3.40. The Balaban J connectivity index is 1.68. The molecule has 4 atom stereocenters. The number of fused-ring (bicyclic) bond motifs is 5. The van der Waals surface area contributed by atoms with Crippen LogP contribution in [0.3, 0.4) is 0 Å². The molecule has 0 unspecified atom stereocenters. The summed E-state index contributed by atoms with van der Waals surface area (Å²) in [5.41, 5.74) is 2.53. The van der Waals surface area contributed by atoms with Crippen LogP contribution in [0.4, 0.5) is 5.69 Å². The van der Waals surface area contributed by atoms with Gasteiger partial charge in [0.15, 0.2) is 0 Å². The first-order valence-electron chi connectivity index (χ1n) is 11.5. The van der Waals surface area contributed by atoms with Crippen LogP contribution in [0.15, 0.2) is 48.5 Å². The van der Waals surface area contributed by atoms with Crippen molar-refractivity contribution in [1.29, 1.82) is 0 Å². The monoisotopic (exact) mass is 415 g/mol. The summed E-state index contributed by atoms with van der Waals surface area (Å²) in [6, 6.07) is 16.9. The van der Waals surface area contributed by atoms with Crippen LogP contribution >= 0.6 is 0 Å². The van der Waals surface area contributed by atoms with Gasteiger partial charge < -0.3 is 10.2 Å². The van der Waals surface area contributed by atoms with Crippen LogP contribution in [0.2, 0.25) is 0 Å². The number of carbonyl (C=O) groups is 2. The molecule has 2 spiro atoms. The van der Waals surface area contributed by atoms with E-state index >= 15 is 0 Å². The third kappa shape index (κ3) is 2.23. The molecule has 0 bridgehead atoms. The Morgan fingerprint density at radius 1 is 1.03 bits per heavy atom. The van der Waals surface area contributed by atoms with Gasteiger partial charge in [0.1, 0.15) is 11.3 Å². The molecule has 0 aliphatic carbocycles. The van der Waals surface area contributed by atoms with Crippen molar-refractivity contribution in [2.45, 2.75) is 43.7 Å². The van der Waals surface area contributed by atoms with Crippen molar-refractivity contribution in [2.75, 3.05) is 32.0 Å². The predicted molar refractivity (Wildman–Crippen MR) is 120 cm³/mol. The highest BCUT2D eigenvalue weighted by Crippen LogP contribution is 2.68. The molecule has 1 amide bonds. The Kier molecular flexibility index (Phi) is 4.03. The molecule has 5 nitrogen and oxygen atoms in total. The summed E-state index contributed by atoms with van der Waals surface area (Å²) in [4.78, 5) is 32.8. The molecule has 2 aromatic rings. The molecule has 2 aromatic carbocycles. The number of hydrogen-bond donors (Lipinski definition) is 1. The minimum Gasteiger partial charge on any atom is -0.324 e. The SMILES string of the molecule is Cc1ccc([C@H]2[C@@H]3CCCN3[C@@]3(C(=O)Nc4ccccc43)[C@@]23CN(C)CCC3=O)cc1. The summed E-state index contributed by atoms with van der Waals surface area (Å²) in [5, 5.41) is 3.18. The fraction of sp³-hybridized carbons (Fsp3) is 0.462. The van der Waals surface area contributed by atoms with Crippen molar-refractivity contribution in [3.63, 3.8) is 0 Å². The second-order valence-electron chi connectivity index (χ2n) is 9.88. The number of amides is 1. The van der Waals surface area contributed by atoms with Crippen LogP contribution in [0.5, 0.6) is 0 Å². The number of anilines is 1. The second kappa shape index (κ2) is 6.50. The quantitative estimate of drug-likeness (QED) is 0.777. The highest BCUT2D eigenvalue weighted by Gasteiger charge is 2.77. The van der Waals surface area contributed by atoms with E-state index in [2.05, 4.69) is 59.4 Å². The van der Waals surface area contributed by atoms with Gasteiger partial charge in [0.05, 0.1) is 5.41 Å². The Hall–Kier alpha value is -2.50. The number of nitrogens with zero attached hydrogens (tertiary/aromatic N) is 2. The maximum Gasteiger partial charge on any atom is 0.250 e. The predicted octanol–water partition coefficient (Wildman–Crippen LogP) is 3.30. The summed E-state index contributed by atoms with van der Waals surface area (Å²) >= 11 is 0. The minimum absolute atomic E-state index is 0.00255. The lowest BCUT2D eigenvalue weighted by Gasteiger charge is -2.50. The van der Waals surface area contributed by atoms with E-state index in [1.165, 1.54) is 11.1 Å². The number of hydrogen-bond acceptors (Lipinski definition) is 4. The molecule has 160 valence electrons. The van der Waals surface area contributed by atoms with Crippen molar-refractivity contribution < 1.29 is 9.59 Å². The summed E-state index contributed by atoms with van der Waals surface area (Å²) < 4.78 is 0. The Morgan fingerprint density at radius 2 is 1.81 bits per heavy atom. The molecule has 0 aromatic heterocycles. The first kappa shape index (κ1) is 19.2. The van der Waals surface area contributed by atoms with Gasteiger partial charge in [0, 0.05) is 42.7 Å². The van der Waals surface area contributed by atoms with E-state index in [-0.39, 0.29) is 23.7 Å². The molecule has 4 aliphatic heterocycles. The summed E-state index contributed by atoms with van der Waals surface area (Å²) in [5.74, 6) is 0.235. The lowest BCUT2D eigenvalue weighted by Crippen LogP contribution is -2.65. The number of nitrogens with one attached hydrogen (secondary N) is 1. The Morgan fingerprint density at radius 3 is 2.61 bits per heavy atom. The molecular formula is C26H29N3O2. The van der Waals surface area contributed by atoms with Gasteiger partial charge in [-0.2, -0.15) is 0 Å². The maximum absolute atomic E-state index is 14.1. The number of aryl methyl sites for hydroxylation is 1. The number of carbonyl (C=O) groups excluding carboxylic acids is 2. The molecule has 3 saturated heterocycles. The van der Waals surface area contributed by atoms with E-state index in [0.717, 1.165) is 37.2 Å². The lowest BCUT2D eigenvalue weighted by molar-refractivity contribution is -0.151. The number of ketones is 1. The topological polar surface area (TPSA) is 52.7 Å². The van der Waals surface area contributed by atoms with Gasteiger partial charge in [-0.15, -0.1) is 0 Å². The van der Waals surface area contributed by atoms with E-state index < -0.39 is 11.0 Å². The third-order valence-electron chi connectivity index (χ3n) is 8.36. The molecule has 6 rings (SSSR count). The van der Waals surface area contributed by atoms with Gasteiger partial charge >= 0.3 is 0 Å². The van der Waals surface area contributed by atoms with Crippen molar-refractivity contribution in [3.05, 3.63) is 65.2 Å². The standard InChI is InChI=1S/C26H29N3O2/c1-17-9-11-18(12-10-17)23-21-8-5-14-29(21)26(25(23)16-28(2)15-13-22(25)30)19-6-3-4-7-20(19)27-24(26)31/h3-4,6-7,9-12,21,23H,5,8,13-16H2,1-2H3,(H,27,31)/t21-,23-,25+,26-/m0/s1. The molecule has 1 N–H and O–H groups in total. The van der Waals surface area contributed by atoms with E-state index in [1.807, 2.05) is 18.2 Å². The zero-order valence-electron chi connectivity index (χ0n) is 18.2. The first-order chi connectivity index (χ1) is 15.0. The zero-order chi connectivity index (χ0) is 21.4. The van der Waals surface area contributed by atoms with Crippen LogP contribution in [0.1, 0.15) is 41.9 Å². The molecule has 0 saturated carbocycles. The van der Waals surface area contributed by atoms with Gasteiger partial charge in [-0.05, 0) is 45.0 Å². The largest absolute Gasteiger partial charge is 0.324 e. The molecule has 31 heavy (non-hydrogen) atoms. The molecule has 3 fully saturated rings. The molecule has 0 radical (unpaired) electrons. The van der Waals surface area contributed by atoms with Crippen LogP contribution in [0.25, 0.3) is 0 Å². The van der Waals surface area contributed by atoms with Crippen LogP contribution < -0.4 is 5.32 Å². The van der Waals surface area contributed by atoms with Gasteiger partial charge in [0.25, 0.3) is 5.91 Å². The number of rotatable bonds is 1. The molecule has 4 aliphatic rings. The number of likely N-dealkylation sites (tertiary alicyclic amines) is 1. The number of para-hydroxylation sites is 1. The van der Waals surface area contributed by atoms with E-state index in [9.17, 15) is 9.59 Å². The maximum atomic E-state index is 14.1. The van der Waals surface area contributed by atoms with Crippen LogP contribution in [0, 0.1) is 12.3 Å². The van der Waals surface area contributed by atoms with E-state index in [1.54, 1.807) is 0 Å². The minimum atomic E-state index is -0.938. The first-order valence-corrected chi connectivity index (χ1v) is 11.5. The van der Waals surface area contributed by atoms with E-state index in [0.29, 0.717) is 13.0 Å². The highest BCUT2D eigenvalue weighted by molar-refractivity contribution is 6.11. The zero-order valence-corrected chi connectivity index (χ0v) is 18.2. The van der Waals surface area contributed by atoms with Crippen molar-refractivity contribution in [2.24, 2.45) is 5.41 Å². The van der Waals surface area contributed by atoms with Gasteiger partial charge in [0.2, 0.25) is 0 Å². The lowest BCUT2D eigenvalue weighted by atomic mass is 9.56. The fourth-order valence-electron chi connectivity index (χ4n) is 7.31. The Bertz CT molecular complexity index is 1080. The van der Waals surface area contributed by atoms with Crippen LogP contribution in [-0.2, 0) is 15.1 Å². The summed E-state index contributed by atoms with van der Waals surface area (Å²) in [6.45, 7) is 4.32. The second-order valence-corrected chi connectivity index (χ2v) is 9.88. The number of piperidine rings is 1. The molecular weight excluding hydrogens is 386 g/mol. The van der Waals surface area contributed by atoms with E-state index in [4.69, 9.17) is 0 Å². The third-order valence-corrected chi connectivity index (χ3v) is 8.36. The normalized spacial score (nSPS) is 35.0. The van der Waals surface area contributed by atoms with Gasteiger partial charge in [-0.1, -0.05) is 48.0 Å². The van der Waals surface area contributed by atoms with Crippen LogP contribution in [-0.4, -0.2) is 54.2 Å². The number of Topliss-reactive ketones (excluding diaryl/α,β-unsaturated/α-hetero) is 1. The van der Waals surface area contributed by atoms with Gasteiger partial charge in [-0.3, -0.25) is 14.5 Å². The van der Waals surface area contributed by atoms with Crippen molar-refractivity contribution >= 4 is 17.4 Å². The Labute approximate surface area is 183 Å².